The van der Waals surface area contributed by atoms with E-state index in [2.05, 4.69) is 10.3 Å². The molecule has 1 N–H and O–H groups in total. The number of aromatic nitrogens is 2. The number of nitrogens with one attached hydrogen (secondary N) is 1. The third-order valence-electron chi connectivity index (χ3n) is 2.82. The zero-order chi connectivity index (χ0) is 14.4. The lowest BCUT2D eigenvalue weighted by Gasteiger charge is -2.11. The fourth-order valence-electron chi connectivity index (χ4n) is 1.97. The molecule has 2 aromatic rings. The van der Waals surface area contributed by atoms with Crippen molar-refractivity contribution in [3.05, 3.63) is 36.2 Å². The lowest BCUT2D eigenvalue weighted by molar-refractivity contribution is 0.210. The molecule has 1 aromatic heterocycles. The van der Waals surface area contributed by atoms with Crippen LogP contribution in [0.1, 0.15) is 12.6 Å². The van der Waals surface area contributed by atoms with E-state index in [1.165, 1.54) is 0 Å². The Labute approximate surface area is 119 Å². The third kappa shape index (κ3) is 3.51. The largest absolute Gasteiger partial charge is 0.494 e. The van der Waals surface area contributed by atoms with Crippen molar-refractivity contribution < 1.29 is 9.47 Å². The molecule has 1 heterocycles. The van der Waals surface area contributed by atoms with Gasteiger partial charge in [0.2, 0.25) is 5.95 Å². The van der Waals surface area contributed by atoms with Crippen LogP contribution < -0.4 is 10.1 Å². The molecule has 0 bridgehead atoms. The van der Waals surface area contributed by atoms with E-state index in [1.807, 2.05) is 48.9 Å². The van der Waals surface area contributed by atoms with Gasteiger partial charge in [0.1, 0.15) is 5.75 Å². The van der Waals surface area contributed by atoms with Crippen LogP contribution in [0.25, 0.3) is 5.69 Å². The van der Waals surface area contributed by atoms with E-state index in [0.717, 1.165) is 29.6 Å². The fraction of sp³-hybridized carbons (Fsp3) is 0.400. The van der Waals surface area contributed by atoms with Crippen molar-refractivity contribution in [3.8, 4) is 11.4 Å². The number of aryl methyl sites for hydroxylation is 1. The van der Waals surface area contributed by atoms with Crippen molar-refractivity contribution in [2.45, 2.75) is 13.8 Å². The van der Waals surface area contributed by atoms with Crippen molar-refractivity contribution in [3.63, 3.8) is 0 Å². The summed E-state index contributed by atoms with van der Waals surface area (Å²) in [7, 11) is 1.69. The van der Waals surface area contributed by atoms with E-state index in [-0.39, 0.29) is 0 Å². The van der Waals surface area contributed by atoms with E-state index >= 15 is 0 Å². The van der Waals surface area contributed by atoms with Gasteiger partial charge in [-0.25, -0.2) is 4.98 Å². The molecule has 0 fully saturated rings. The topological polar surface area (TPSA) is 48.3 Å². The Balaban J connectivity index is 2.24. The van der Waals surface area contributed by atoms with Gasteiger partial charge in [-0.05, 0) is 26.0 Å². The smallest absolute Gasteiger partial charge is 0.207 e. The standard InChI is InChI=1S/C15H21N3O2/c1-4-20-14-7-5-6-13(10-14)18-11-12(2)17-15(18)16-8-9-19-3/h5-7,10-11H,4,8-9H2,1-3H3,(H,16,17). The summed E-state index contributed by atoms with van der Waals surface area (Å²) >= 11 is 0. The molecule has 20 heavy (non-hydrogen) atoms. The zero-order valence-corrected chi connectivity index (χ0v) is 12.2. The first kappa shape index (κ1) is 14.4. The number of hydrogen-bond donors (Lipinski definition) is 1. The predicted molar refractivity (Wildman–Crippen MR) is 79.8 cm³/mol. The Hall–Kier alpha value is -2.01. The van der Waals surface area contributed by atoms with Crippen LogP contribution in [0.3, 0.4) is 0 Å². The van der Waals surface area contributed by atoms with Crippen LogP contribution in [0.15, 0.2) is 30.5 Å². The monoisotopic (exact) mass is 275 g/mol. The van der Waals surface area contributed by atoms with Gasteiger partial charge >= 0.3 is 0 Å². The van der Waals surface area contributed by atoms with Crippen LogP contribution in [-0.2, 0) is 4.74 Å². The highest BCUT2D eigenvalue weighted by molar-refractivity contribution is 5.46. The summed E-state index contributed by atoms with van der Waals surface area (Å²) < 4.78 is 12.6. The summed E-state index contributed by atoms with van der Waals surface area (Å²) in [4.78, 5) is 4.49. The van der Waals surface area contributed by atoms with Crippen LogP contribution in [0.4, 0.5) is 5.95 Å². The lowest BCUT2D eigenvalue weighted by Crippen LogP contribution is -2.11. The van der Waals surface area contributed by atoms with Gasteiger partial charge in [0.05, 0.1) is 24.6 Å². The first-order valence-electron chi connectivity index (χ1n) is 6.76. The second kappa shape index (κ2) is 6.96. The molecule has 0 saturated heterocycles. The molecule has 108 valence electrons. The van der Waals surface area contributed by atoms with Gasteiger partial charge in [0, 0.05) is 25.9 Å². The molecule has 0 aliphatic rings. The summed E-state index contributed by atoms with van der Waals surface area (Å²) in [5.74, 6) is 1.67. The molecule has 0 aliphatic heterocycles. The van der Waals surface area contributed by atoms with Gasteiger partial charge in [0.15, 0.2) is 0 Å². The van der Waals surface area contributed by atoms with Crippen molar-refractivity contribution in [2.24, 2.45) is 0 Å². The maximum atomic E-state index is 5.54. The number of benzene rings is 1. The van der Waals surface area contributed by atoms with Crippen molar-refractivity contribution in [1.82, 2.24) is 9.55 Å². The molecular weight excluding hydrogens is 254 g/mol. The first-order valence-corrected chi connectivity index (χ1v) is 6.76. The molecule has 0 aliphatic carbocycles. The highest BCUT2D eigenvalue weighted by Gasteiger charge is 2.07. The van der Waals surface area contributed by atoms with Gasteiger partial charge in [0.25, 0.3) is 0 Å². The maximum absolute atomic E-state index is 5.54. The van der Waals surface area contributed by atoms with Gasteiger partial charge < -0.3 is 14.8 Å². The number of hydrogen-bond acceptors (Lipinski definition) is 4. The second-order valence-corrected chi connectivity index (χ2v) is 4.43. The number of anilines is 1. The molecule has 2 rings (SSSR count). The lowest BCUT2D eigenvalue weighted by atomic mass is 10.3. The minimum atomic E-state index is 0.644. The summed E-state index contributed by atoms with van der Waals surface area (Å²) in [5, 5.41) is 3.27. The minimum Gasteiger partial charge on any atom is -0.494 e. The molecule has 0 spiro atoms. The van der Waals surface area contributed by atoms with E-state index in [4.69, 9.17) is 9.47 Å². The van der Waals surface area contributed by atoms with Gasteiger partial charge in [-0.2, -0.15) is 0 Å². The number of methoxy groups -OCH3 is 1. The van der Waals surface area contributed by atoms with Crippen LogP contribution in [0.5, 0.6) is 5.75 Å². The van der Waals surface area contributed by atoms with Gasteiger partial charge in [-0.3, -0.25) is 4.57 Å². The van der Waals surface area contributed by atoms with Crippen LogP contribution in [-0.4, -0.2) is 36.4 Å². The number of ether oxygens (including phenoxy) is 2. The Bertz CT molecular complexity index is 552. The molecule has 0 saturated carbocycles. The molecule has 0 amide bonds. The van der Waals surface area contributed by atoms with Gasteiger partial charge in [-0.1, -0.05) is 6.07 Å². The van der Waals surface area contributed by atoms with Crippen molar-refractivity contribution in [1.29, 1.82) is 0 Å². The summed E-state index contributed by atoms with van der Waals surface area (Å²) in [6, 6.07) is 7.97. The molecule has 0 unspecified atom stereocenters. The van der Waals surface area contributed by atoms with E-state index in [0.29, 0.717) is 13.2 Å². The second-order valence-electron chi connectivity index (χ2n) is 4.43. The SMILES string of the molecule is CCOc1cccc(-n2cc(C)nc2NCCOC)c1. The molecular formula is C15H21N3O2. The summed E-state index contributed by atoms with van der Waals surface area (Å²) in [6.07, 6.45) is 2.00. The van der Waals surface area contributed by atoms with E-state index in [9.17, 15) is 0 Å². The number of rotatable bonds is 7. The van der Waals surface area contributed by atoms with E-state index < -0.39 is 0 Å². The quantitative estimate of drug-likeness (QED) is 0.789. The normalized spacial score (nSPS) is 10.6. The molecule has 5 heteroatoms. The van der Waals surface area contributed by atoms with E-state index in [1.54, 1.807) is 7.11 Å². The number of nitrogens with zero attached hydrogens (tertiary/aromatic N) is 2. The van der Waals surface area contributed by atoms with Crippen molar-refractivity contribution in [2.75, 3.05) is 32.2 Å². The Kier molecular flexibility index (Phi) is 5.01. The maximum Gasteiger partial charge on any atom is 0.207 e. The van der Waals surface area contributed by atoms with Crippen LogP contribution in [0.2, 0.25) is 0 Å². The Morgan fingerprint density at radius 1 is 1.35 bits per heavy atom. The molecule has 5 nitrogen and oxygen atoms in total. The zero-order valence-electron chi connectivity index (χ0n) is 12.2. The highest BCUT2D eigenvalue weighted by atomic mass is 16.5. The Morgan fingerprint density at radius 3 is 2.95 bits per heavy atom. The number of imidazole rings is 1. The highest BCUT2D eigenvalue weighted by Crippen LogP contribution is 2.21. The third-order valence-corrected chi connectivity index (χ3v) is 2.82. The predicted octanol–water partition coefficient (Wildman–Crippen LogP) is 2.64. The summed E-state index contributed by atoms with van der Waals surface area (Å²) in [6.45, 7) is 5.98. The molecule has 1 aromatic carbocycles. The molecule has 0 atom stereocenters. The molecule has 0 radical (unpaired) electrons. The average Bonchev–Trinajstić information content (AvgIpc) is 2.81. The average molecular weight is 275 g/mol. The summed E-state index contributed by atoms with van der Waals surface area (Å²) in [5.41, 5.74) is 1.99. The fourth-order valence-corrected chi connectivity index (χ4v) is 1.97. The van der Waals surface area contributed by atoms with Crippen LogP contribution >= 0.6 is 0 Å². The van der Waals surface area contributed by atoms with Gasteiger partial charge in [-0.15, -0.1) is 0 Å². The Morgan fingerprint density at radius 2 is 2.20 bits per heavy atom. The van der Waals surface area contributed by atoms with Crippen molar-refractivity contribution >= 4 is 5.95 Å². The minimum absolute atomic E-state index is 0.644. The first-order chi connectivity index (χ1) is 9.74. The van der Waals surface area contributed by atoms with Crippen LogP contribution in [0, 0.1) is 6.92 Å².